The molecule has 0 saturated carbocycles. The molecule has 2 aromatic carbocycles. The summed E-state index contributed by atoms with van der Waals surface area (Å²) in [5.74, 6) is -0.286. The number of nitrogens with one attached hydrogen (secondary N) is 1. The lowest BCUT2D eigenvalue weighted by Gasteiger charge is -2.33. The predicted octanol–water partition coefficient (Wildman–Crippen LogP) is 2.91. The Bertz CT molecular complexity index is 812. The highest BCUT2D eigenvalue weighted by Gasteiger charge is 2.23. The van der Waals surface area contributed by atoms with Crippen molar-refractivity contribution in [2.75, 3.05) is 43.4 Å². The van der Waals surface area contributed by atoms with E-state index in [9.17, 15) is 14.9 Å². The number of hydrogen-bond acceptors (Lipinski definition) is 5. The number of likely N-dealkylation sites (N-methyl/N-ethyl adjacent to an activating group) is 1. The van der Waals surface area contributed by atoms with E-state index >= 15 is 0 Å². The summed E-state index contributed by atoms with van der Waals surface area (Å²) in [6, 6.07) is 12.0. The van der Waals surface area contributed by atoms with Gasteiger partial charge in [-0.2, -0.15) is 0 Å². The van der Waals surface area contributed by atoms with Crippen LogP contribution in [0.2, 0.25) is 0 Å². The molecule has 0 spiro atoms. The lowest BCUT2D eigenvalue weighted by atomic mass is 10.1. The number of carbonyl (C=O) groups excluding carboxylic acids is 1. The van der Waals surface area contributed by atoms with Gasteiger partial charge in [0.2, 0.25) is 0 Å². The van der Waals surface area contributed by atoms with Gasteiger partial charge in [-0.1, -0.05) is 17.7 Å². The van der Waals surface area contributed by atoms with Crippen LogP contribution in [0, 0.1) is 17.0 Å². The molecule has 0 aromatic heterocycles. The lowest BCUT2D eigenvalue weighted by Crippen LogP contribution is -2.44. The Morgan fingerprint density at radius 3 is 2.35 bits per heavy atom. The molecule has 1 amide bonds. The number of carbonyl (C=O) groups is 1. The van der Waals surface area contributed by atoms with Crippen molar-refractivity contribution >= 4 is 23.0 Å². The molecule has 1 saturated heterocycles. The second kappa shape index (κ2) is 7.53. The van der Waals surface area contributed by atoms with Crippen LogP contribution in [0.5, 0.6) is 0 Å². The van der Waals surface area contributed by atoms with E-state index in [0.29, 0.717) is 16.9 Å². The highest BCUT2D eigenvalue weighted by Crippen LogP contribution is 2.32. The van der Waals surface area contributed by atoms with Crippen LogP contribution in [-0.2, 0) is 0 Å². The minimum absolute atomic E-state index is 0.0104. The average molecular weight is 354 g/mol. The van der Waals surface area contributed by atoms with Gasteiger partial charge in [0, 0.05) is 43.5 Å². The molecule has 7 nitrogen and oxygen atoms in total. The number of aryl methyl sites for hydroxylation is 1. The minimum Gasteiger partial charge on any atom is -0.363 e. The second-order valence-electron chi connectivity index (χ2n) is 6.57. The van der Waals surface area contributed by atoms with E-state index < -0.39 is 4.92 Å². The molecule has 1 N–H and O–H groups in total. The van der Waals surface area contributed by atoms with Crippen molar-refractivity contribution in [3.05, 3.63) is 63.7 Å². The molecule has 26 heavy (non-hydrogen) atoms. The van der Waals surface area contributed by atoms with Crippen LogP contribution < -0.4 is 10.2 Å². The van der Waals surface area contributed by atoms with E-state index in [1.165, 1.54) is 6.07 Å². The number of anilines is 2. The van der Waals surface area contributed by atoms with Gasteiger partial charge in [-0.25, -0.2) is 0 Å². The standard InChI is InChI=1S/C19H22N4O3/c1-14-3-5-15(6-4-14)19(24)20-16-7-8-17(18(13-16)23(25)26)22-11-9-21(2)10-12-22/h3-8,13H,9-12H2,1-2H3,(H,20,24). The van der Waals surface area contributed by atoms with Crippen molar-refractivity contribution in [3.8, 4) is 0 Å². The lowest BCUT2D eigenvalue weighted by molar-refractivity contribution is -0.384. The molecule has 0 bridgehead atoms. The third kappa shape index (κ3) is 4.00. The van der Waals surface area contributed by atoms with Crippen molar-refractivity contribution in [1.29, 1.82) is 0 Å². The molecule has 1 aliphatic heterocycles. The maximum atomic E-state index is 12.3. The molecule has 136 valence electrons. The quantitative estimate of drug-likeness (QED) is 0.675. The van der Waals surface area contributed by atoms with Gasteiger partial charge in [-0.05, 0) is 38.2 Å². The zero-order chi connectivity index (χ0) is 18.7. The number of nitro groups is 1. The van der Waals surface area contributed by atoms with Gasteiger partial charge < -0.3 is 15.1 Å². The summed E-state index contributed by atoms with van der Waals surface area (Å²) in [5, 5.41) is 14.3. The predicted molar refractivity (Wildman–Crippen MR) is 102 cm³/mol. The van der Waals surface area contributed by atoms with Crippen molar-refractivity contribution in [2.45, 2.75) is 6.92 Å². The third-order valence-corrected chi connectivity index (χ3v) is 4.59. The Kier molecular flexibility index (Phi) is 5.18. The van der Waals surface area contributed by atoms with Gasteiger partial charge in [0.15, 0.2) is 0 Å². The number of piperazine rings is 1. The molecule has 0 unspecified atom stereocenters. The maximum Gasteiger partial charge on any atom is 0.294 e. The van der Waals surface area contributed by atoms with E-state index in [2.05, 4.69) is 10.2 Å². The molecule has 7 heteroatoms. The number of nitrogens with zero attached hydrogens (tertiary/aromatic N) is 3. The van der Waals surface area contributed by atoms with E-state index in [-0.39, 0.29) is 11.6 Å². The summed E-state index contributed by atoms with van der Waals surface area (Å²) < 4.78 is 0. The van der Waals surface area contributed by atoms with E-state index in [1.807, 2.05) is 31.0 Å². The molecule has 0 aliphatic carbocycles. The minimum atomic E-state index is -0.394. The van der Waals surface area contributed by atoms with Gasteiger partial charge >= 0.3 is 0 Å². The Hall–Kier alpha value is -2.93. The average Bonchev–Trinajstić information content (AvgIpc) is 2.63. The molecule has 0 atom stereocenters. The largest absolute Gasteiger partial charge is 0.363 e. The Balaban J connectivity index is 1.81. The first-order valence-corrected chi connectivity index (χ1v) is 8.54. The number of hydrogen-bond donors (Lipinski definition) is 1. The molecule has 3 rings (SSSR count). The summed E-state index contributed by atoms with van der Waals surface area (Å²) in [5.41, 5.74) is 2.60. The molecule has 1 aliphatic rings. The summed E-state index contributed by atoms with van der Waals surface area (Å²) in [4.78, 5) is 27.7. The van der Waals surface area contributed by atoms with Crippen molar-refractivity contribution in [2.24, 2.45) is 0 Å². The topological polar surface area (TPSA) is 78.7 Å². The first kappa shape index (κ1) is 17.9. The van der Waals surface area contributed by atoms with Crippen molar-refractivity contribution in [1.82, 2.24) is 4.90 Å². The Labute approximate surface area is 152 Å². The van der Waals surface area contributed by atoms with E-state index in [0.717, 1.165) is 31.7 Å². The maximum absolute atomic E-state index is 12.3. The Morgan fingerprint density at radius 1 is 1.08 bits per heavy atom. The van der Waals surface area contributed by atoms with Crippen molar-refractivity contribution < 1.29 is 9.72 Å². The summed E-state index contributed by atoms with van der Waals surface area (Å²) in [7, 11) is 2.04. The van der Waals surface area contributed by atoms with Gasteiger partial charge in [0.05, 0.1) is 4.92 Å². The third-order valence-electron chi connectivity index (χ3n) is 4.59. The number of amides is 1. The zero-order valence-electron chi connectivity index (χ0n) is 14.9. The molecular weight excluding hydrogens is 332 g/mol. The molecule has 2 aromatic rings. The number of rotatable bonds is 4. The first-order chi connectivity index (χ1) is 12.4. The van der Waals surface area contributed by atoms with Crippen LogP contribution in [0.25, 0.3) is 0 Å². The first-order valence-electron chi connectivity index (χ1n) is 8.54. The normalized spacial score (nSPS) is 14.9. The van der Waals surface area contributed by atoms with Gasteiger partial charge in [0.25, 0.3) is 11.6 Å². The highest BCUT2D eigenvalue weighted by atomic mass is 16.6. The van der Waals surface area contributed by atoms with Gasteiger partial charge in [-0.3, -0.25) is 14.9 Å². The highest BCUT2D eigenvalue weighted by molar-refractivity contribution is 6.04. The van der Waals surface area contributed by atoms with Crippen LogP contribution >= 0.6 is 0 Å². The fourth-order valence-electron chi connectivity index (χ4n) is 2.97. The fraction of sp³-hybridized carbons (Fsp3) is 0.316. The SMILES string of the molecule is Cc1ccc(C(=O)Nc2ccc(N3CCN(C)CC3)c([N+](=O)[O-])c2)cc1. The van der Waals surface area contributed by atoms with E-state index in [4.69, 9.17) is 0 Å². The zero-order valence-corrected chi connectivity index (χ0v) is 14.9. The molecular formula is C19H22N4O3. The van der Waals surface area contributed by atoms with Crippen LogP contribution in [-0.4, -0.2) is 49.0 Å². The molecule has 1 heterocycles. The van der Waals surface area contributed by atoms with Gasteiger partial charge in [-0.15, -0.1) is 0 Å². The van der Waals surface area contributed by atoms with Crippen LogP contribution in [0.1, 0.15) is 15.9 Å². The van der Waals surface area contributed by atoms with Crippen LogP contribution in [0.4, 0.5) is 17.1 Å². The molecule has 0 radical (unpaired) electrons. The van der Waals surface area contributed by atoms with Crippen molar-refractivity contribution in [3.63, 3.8) is 0 Å². The summed E-state index contributed by atoms with van der Waals surface area (Å²) in [6.07, 6.45) is 0. The van der Waals surface area contributed by atoms with Gasteiger partial charge in [0.1, 0.15) is 5.69 Å². The Morgan fingerprint density at radius 2 is 1.73 bits per heavy atom. The smallest absolute Gasteiger partial charge is 0.294 e. The van der Waals surface area contributed by atoms with Crippen LogP contribution in [0.15, 0.2) is 42.5 Å². The second-order valence-corrected chi connectivity index (χ2v) is 6.57. The van der Waals surface area contributed by atoms with Crippen LogP contribution in [0.3, 0.4) is 0 Å². The number of nitro benzene ring substituents is 1. The van der Waals surface area contributed by atoms with E-state index in [1.54, 1.807) is 24.3 Å². The summed E-state index contributed by atoms with van der Waals surface area (Å²) >= 11 is 0. The number of benzene rings is 2. The monoisotopic (exact) mass is 354 g/mol. The summed E-state index contributed by atoms with van der Waals surface area (Å²) in [6.45, 7) is 5.16. The fourth-order valence-corrected chi connectivity index (χ4v) is 2.97. The molecule has 1 fully saturated rings.